The van der Waals surface area contributed by atoms with Crippen LogP contribution >= 0.6 is 23.4 Å². The van der Waals surface area contributed by atoms with E-state index in [2.05, 4.69) is 24.2 Å². The molecule has 0 aliphatic heterocycles. The average Bonchev–Trinajstić information content (AvgIpc) is 2.46. The van der Waals surface area contributed by atoms with Gasteiger partial charge in [0.25, 0.3) is 0 Å². The van der Waals surface area contributed by atoms with Gasteiger partial charge in [0, 0.05) is 16.2 Å². The van der Waals surface area contributed by atoms with Crippen molar-refractivity contribution in [2.45, 2.75) is 17.6 Å². The molecule has 0 unspecified atom stereocenters. The molecule has 20 heavy (non-hydrogen) atoms. The molecule has 0 aromatic heterocycles. The molecule has 2 rings (SSSR count). The van der Waals surface area contributed by atoms with E-state index in [-0.39, 0.29) is 5.84 Å². The quantitative estimate of drug-likeness (QED) is 0.295. The van der Waals surface area contributed by atoms with Gasteiger partial charge in [-0.25, -0.2) is 0 Å². The molecule has 0 heterocycles. The Morgan fingerprint density at radius 2 is 2.05 bits per heavy atom. The van der Waals surface area contributed by atoms with Crippen molar-refractivity contribution in [1.82, 2.24) is 0 Å². The highest BCUT2D eigenvalue weighted by atomic mass is 35.5. The lowest BCUT2D eigenvalue weighted by Gasteiger charge is -2.08. The van der Waals surface area contributed by atoms with Crippen molar-refractivity contribution in [2.24, 2.45) is 10.9 Å². The molecule has 0 saturated carbocycles. The van der Waals surface area contributed by atoms with Crippen molar-refractivity contribution in [3.05, 3.63) is 64.2 Å². The van der Waals surface area contributed by atoms with Gasteiger partial charge < -0.3 is 10.9 Å². The van der Waals surface area contributed by atoms with E-state index in [4.69, 9.17) is 22.5 Å². The van der Waals surface area contributed by atoms with E-state index in [1.54, 1.807) is 23.9 Å². The van der Waals surface area contributed by atoms with Crippen LogP contribution in [0.2, 0.25) is 5.02 Å². The van der Waals surface area contributed by atoms with Crippen molar-refractivity contribution >= 4 is 29.2 Å². The SMILES string of the molecule is Cc1ccccc1CSc1ccc(C(N)=NO)cc1Cl. The molecule has 0 bridgehead atoms. The Kier molecular flexibility index (Phi) is 4.93. The van der Waals surface area contributed by atoms with E-state index in [1.807, 2.05) is 18.2 Å². The molecule has 2 aromatic rings. The van der Waals surface area contributed by atoms with Gasteiger partial charge in [0.05, 0.1) is 5.02 Å². The van der Waals surface area contributed by atoms with E-state index < -0.39 is 0 Å². The van der Waals surface area contributed by atoms with Gasteiger partial charge in [-0.05, 0) is 36.2 Å². The van der Waals surface area contributed by atoms with Crippen molar-refractivity contribution < 1.29 is 5.21 Å². The van der Waals surface area contributed by atoms with Crippen molar-refractivity contribution in [1.29, 1.82) is 0 Å². The summed E-state index contributed by atoms with van der Waals surface area (Å²) in [6, 6.07) is 13.7. The van der Waals surface area contributed by atoms with Gasteiger partial charge in [-0.1, -0.05) is 41.0 Å². The van der Waals surface area contributed by atoms with Crippen LogP contribution in [-0.2, 0) is 5.75 Å². The van der Waals surface area contributed by atoms with Crippen molar-refractivity contribution in [3.63, 3.8) is 0 Å². The van der Waals surface area contributed by atoms with Gasteiger partial charge >= 0.3 is 0 Å². The molecule has 0 spiro atoms. The highest BCUT2D eigenvalue weighted by Crippen LogP contribution is 2.31. The van der Waals surface area contributed by atoms with E-state index in [9.17, 15) is 0 Å². The third-order valence-electron chi connectivity index (χ3n) is 2.98. The van der Waals surface area contributed by atoms with Gasteiger partial charge in [0.15, 0.2) is 5.84 Å². The summed E-state index contributed by atoms with van der Waals surface area (Å²) < 4.78 is 0. The lowest BCUT2D eigenvalue weighted by molar-refractivity contribution is 0.318. The zero-order chi connectivity index (χ0) is 14.5. The molecule has 0 radical (unpaired) electrons. The molecule has 104 valence electrons. The number of rotatable bonds is 4. The maximum absolute atomic E-state index is 8.65. The molecule has 3 nitrogen and oxygen atoms in total. The van der Waals surface area contributed by atoms with Crippen LogP contribution in [0, 0.1) is 6.92 Å². The molecule has 0 aliphatic rings. The summed E-state index contributed by atoms with van der Waals surface area (Å²) in [4.78, 5) is 0.976. The molecule has 3 N–H and O–H groups in total. The number of aryl methyl sites for hydroxylation is 1. The first-order valence-electron chi connectivity index (χ1n) is 6.06. The second-order valence-corrected chi connectivity index (χ2v) is 5.77. The third-order valence-corrected chi connectivity index (χ3v) is 4.53. The predicted molar refractivity (Wildman–Crippen MR) is 84.7 cm³/mol. The molecule has 0 saturated heterocycles. The van der Waals surface area contributed by atoms with Gasteiger partial charge in [0.2, 0.25) is 0 Å². The van der Waals surface area contributed by atoms with Gasteiger partial charge in [0.1, 0.15) is 0 Å². The molecular formula is C15H15ClN2OS. The van der Waals surface area contributed by atoms with Crippen LogP contribution in [0.25, 0.3) is 0 Å². The Balaban J connectivity index is 2.13. The minimum atomic E-state index is 0.0577. The number of hydrogen-bond acceptors (Lipinski definition) is 3. The summed E-state index contributed by atoms with van der Waals surface area (Å²) in [6.45, 7) is 2.10. The van der Waals surface area contributed by atoms with Crippen molar-refractivity contribution in [3.8, 4) is 0 Å². The monoisotopic (exact) mass is 306 g/mol. The van der Waals surface area contributed by atoms with Gasteiger partial charge in [-0.3, -0.25) is 0 Å². The van der Waals surface area contributed by atoms with E-state index in [0.29, 0.717) is 10.6 Å². The summed E-state index contributed by atoms with van der Waals surface area (Å²) in [7, 11) is 0. The molecular weight excluding hydrogens is 292 g/mol. The van der Waals surface area contributed by atoms with E-state index in [1.165, 1.54) is 11.1 Å². The number of amidine groups is 1. The fourth-order valence-corrected chi connectivity index (χ4v) is 3.10. The lowest BCUT2D eigenvalue weighted by Crippen LogP contribution is -2.12. The van der Waals surface area contributed by atoms with Crippen LogP contribution in [0.5, 0.6) is 0 Å². The molecule has 0 fully saturated rings. The number of halogens is 1. The van der Waals surface area contributed by atoms with Crippen LogP contribution in [0.4, 0.5) is 0 Å². The van der Waals surface area contributed by atoms with Crippen LogP contribution in [0.3, 0.4) is 0 Å². The third kappa shape index (κ3) is 3.46. The fourth-order valence-electron chi connectivity index (χ4n) is 1.76. The Bertz CT molecular complexity index is 644. The summed E-state index contributed by atoms with van der Waals surface area (Å²) in [6.07, 6.45) is 0. The first kappa shape index (κ1) is 14.8. The maximum atomic E-state index is 8.65. The Morgan fingerprint density at radius 1 is 1.30 bits per heavy atom. The number of benzene rings is 2. The Hall–Kier alpha value is -1.65. The molecule has 2 aromatic carbocycles. The predicted octanol–water partition coefficient (Wildman–Crippen LogP) is 4.04. The fraction of sp³-hybridized carbons (Fsp3) is 0.133. The summed E-state index contributed by atoms with van der Waals surface area (Å²) >= 11 is 7.89. The van der Waals surface area contributed by atoms with Gasteiger partial charge in [-0.15, -0.1) is 11.8 Å². The number of hydrogen-bond donors (Lipinski definition) is 2. The maximum Gasteiger partial charge on any atom is 0.170 e. The zero-order valence-electron chi connectivity index (χ0n) is 11.0. The van der Waals surface area contributed by atoms with E-state index in [0.717, 1.165) is 10.6 Å². The summed E-state index contributed by atoms with van der Waals surface area (Å²) in [5.74, 6) is 0.914. The number of oxime groups is 1. The number of nitrogens with zero attached hydrogens (tertiary/aromatic N) is 1. The molecule has 0 atom stereocenters. The first-order chi connectivity index (χ1) is 9.61. The first-order valence-corrected chi connectivity index (χ1v) is 7.43. The van der Waals surface area contributed by atoms with Crippen LogP contribution < -0.4 is 5.73 Å². The highest BCUT2D eigenvalue weighted by Gasteiger charge is 2.06. The van der Waals surface area contributed by atoms with E-state index >= 15 is 0 Å². The topological polar surface area (TPSA) is 58.6 Å². The normalized spacial score (nSPS) is 11.6. The molecule has 5 heteroatoms. The second kappa shape index (κ2) is 6.68. The van der Waals surface area contributed by atoms with Crippen molar-refractivity contribution in [2.75, 3.05) is 0 Å². The lowest BCUT2D eigenvalue weighted by atomic mass is 10.1. The van der Waals surface area contributed by atoms with Crippen LogP contribution in [-0.4, -0.2) is 11.0 Å². The minimum absolute atomic E-state index is 0.0577. The van der Waals surface area contributed by atoms with Crippen LogP contribution in [0.15, 0.2) is 52.5 Å². The molecule has 0 amide bonds. The minimum Gasteiger partial charge on any atom is -0.409 e. The van der Waals surface area contributed by atoms with Gasteiger partial charge in [-0.2, -0.15) is 0 Å². The Labute approximate surface area is 127 Å². The number of thioether (sulfide) groups is 1. The average molecular weight is 307 g/mol. The second-order valence-electron chi connectivity index (χ2n) is 4.35. The summed E-state index contributed by atoms with van der Waals surface area (Å²) in [5.41, 5.74) is 8.70. The number of nitrogens with two attached hydrogens (primary N) is 1. The summed E-state index contributed by atoms with van der Waals surface area (Å²) in [5, 5.41) is 12.2. The highest BCUT2D eigenvalue weighted by molar-refractivity contribution is 7.98. The molecule has 0 aliphatic carbocycles. The smallest absolute Gasteiger partial charge is 0.170 e. The zero-order valence-corrected chi connectivity index (χ0v) is 12.6. The van der Waals surface area contributed by atoms with Crippen LogP contribution in [0.1, 0.15) is 16.7 Å². The standard InChI is InChI=1S/C15H15ClN2OS/c1-10-4-2-3-5-12(10)9-20-14-7-6-11(8-13(14)16)15(17)18-19/h2-8,19H,9H2,1H3,(H2,17,18). The Morgan fingerprint density at radius 3 is 2.70 bits per heavy atom. The largest absolute Gasteiger partial charge is 0.409 e.